The summed E-state index contributed by atoms with van der Waals surface area (Å²) in [7, 11) is 0. The zero-order valence-electron chi connectivity index (χ0n) is 9.22. The van der Waals surface area contributed by atoms with Crippen LogP contribution in [0.1, 0.15) is 16.1 Å². The van der Waals surface area contributed by atoms with E-state index in [4.69, 9.17) is 4.74 Å². The van der Waals surface area contributed by atoms with Crippen LogP contribution in [-0.2, 0) is 20.1 Å². The van der Waals surface area contributed by atoms with E-state index in [2.05, 4.69) is 4.98 Å². The first-order chi connectivity index (χ1) is 7.75. The van der Waals surface area contributed by atoms with E-state index in [-0.39, 0.29) is 20.1 Å². The molecule has 1 aromatic carbocycles. The van der Waals surface area contributed by atoms with E-state index < -0.39 is 5.97 Å². The van der Waals surface area contributed by atoms with E-state index in [1.54, 1.807) is 36.5 Å². The molecule has 1 heterocycles. The molecule has 0 fully saturated rings. The number of ether oxygens (including phenoxy) is 1. The number of nitrogens with zero attached hydrogens (tertiary/aromatic N) is 1. The molecule has 0 atom stereocenters. The first-order valence-electron chi connectivity index (χ1n) is 4.95. The van der Waals surface area contributed by atoms with Gasteiger partial charge < -0.3 is 4.74 Å². The molecule has 3 nitrogen and oxygen atoms in total. The van der Waals surface area contributed by atoms with Crippen molar-refractivity contribution in [3.05, 3.63) is 59.9 Å². The summed E-state index contributed by atoms with van der Waals surface area (Å²) in [5.41, 5.74) is 1.36. The average molecular weight is 405 g/mol. The van der Waals surface area contributed by atoms with Crippen molar-refractivity contribution in [2.75, 3.05) is 0 Å². The molecule has 0 spiro atoms. The number of hydrogen-bond acceptors (Lipinski definition) is 3. The molecular weight excluding hydrogens is 394 g/mol. The largest absolute Gasteiger partial charge is 0.422 e. The van der Waals surface area contributed by atoms with Crippen molar-refractivity contribution in [1.29, 1.82) is 0 Å². The molecule has 1 radical (unpaired) electrons. The topological polar surface area (TPSA) is 39.2 Å². The van der Waals surface area contributed by atoms with Gasteiger partial charge in [0.05, 0.1) is 0 Å². The standard InChI is InChI=1S/C13H11NO2.Ir/c1-10-5-4-6-11(9-10)16-13(15)12-7-2-3-8-14-12;/h2-9H,1H3;. The molecule has 2 rings (SSSR count). The van der Waals surface area contributed by atoms with Crippen molar-refractivity contribution in [3.8, 4) is 5.75 Å². The first-order valence-corrected chi connectivity index (χ1v) is 4.95. The number of carbonyl (C=O) groups is 1. The second-order valence-electron chi connectivity index (χ2n) is 3.42. The van der Waals surface area contributed by atoms with E-state index in [0.29, 0.717) is 11.4 Å². The second-order valence-corrected chi connectivity index (χ2v) is 3.42. The van der Waals surface area contributed by atoms with Crippen LogP contribution < -0.4 is 4.74 Å². The monoisotopic (exact) mass is 406 g/mol. The van der Waals surface area contributed by atoms with Gasteiger partial charge in [-0.25, -0.2) is 9.78 Å². The summed E-state index contributed by atoms with van der Waals surface area (Å²) in [6.07, 6.45) is 1.56. The van der Waals surface area contributed by atoms with Gasteiger partial charge in [-0.1, -0.05) is 18.2 Å². The minimum absolute atomic E-state index is 0. The molecule has 89 valence electrons. The smallest absolute Gasteiger partial charge is 0.362 e. The Morgan fingerprint density at radius 1 is 1.18 bits per heavy atom. The number of aromatic nitrogens is 1. The third kappa shape index (κ3) is 3.77. The van der Waals surface area contributed by atoms with Gasteiger partial charge in [-0.15, -0.1) is 0 Å². The van der Waals surface area contributed by atoms with Crippen molar-refractivity contribution >= 4 is 5.97 Å². The van der Waals surface area contributed by atoms with Crippen LogP contribution in [0.25, 0.3) is 0 Å². The molecular formula is C13H11IrNO2. The van der Waals surface area contributed by atoms with Crippen molar-refractivity contribution < 1.29 is 29.6 Å². The van der Waals surface area contributed by atoms with Crippen LogP contribution in [0.2, 0.25) is 0 Å². The van der Waals surface area contributed by atoms with Crippen LogP contribution in [-0.4, -0.2) is 11.0 Å². The summed E-state index contributed by atoms with van der Waals surface area (Å²) in [6, 6.07) is 12.5. The predicted octanol–water partition coefficient (Wildman–Crippen LogP) is 2.61. The zero-order chi connectivity index (χ0) is 11.4. The zero-order valence-corrected chi connectivity index (χ0v) is 11.6. The Hall–Kier alpha value is -1.51. The van der Waals surface area contributed by atoms with E-state index in [1.807, 2.05) is 19.1 Å². The number of rotatable bonds is 2. The van der Waals surface area contributed by atoms with Crippen LogP contribution >= 0.6 is 0 Å². The number of benzene rings is 1. The van der Waals surface area contributed by atoms with Crippen LogP contribution in [0.15, 0.2) is 48.7 Å². The third-order valence-electron chi connectivity index (χ3n) is 2.07. The normalized spacial score (nSPS) is 9.24. The molecule has 0 saturated carbocycles. The fourth-order valence-corrected chi connectivity index (χ4v) is 1.32. The molecule has 4 heteroatoms. The molecule has 0 aliphatic rings. The van der Waals surface area contributed by atoms with E-state index in [9.17, 15) is 4.79 Å². The summed E-state index contributed by atoms with van der Waals surface area (Å²) < 4.78 is 5.18. The molecule has 1 aromatic heterocycles. The molecule has 0 aliphatic carbocycles. The molecule has 0 N–H and O–H groups in total. The van der Waals surface area contributed by atoms with Gasteiger partial charge >= 0.3 is 5.97 Å². The molecule has 0 bridgehead atoms. The number of hydrogen-bond donors (Lipinski definition) is 0. The van der Waals surface area contributed by atoms with Crippen molar-refractivity contribution in [2.24, 2.45) is 0 Å². The summed E-state index contributed by atoms with van der Waals surface area (Å²) in [6.45, 7) is 1.94. The number of pyridine rings is 1. The molecule has 2 aromatic rings. The summed E-state index contributed by atoms with van der Waals surface area (Å²) >= 11 is 0. The van der Waals surface area contributed by atoms with E-state index >= 15 is 0 Å². The Kier molecular flexibility index (Phi) is 5.01. The maximum atomic E-state index is 11.6. The Morgan fingerprint density at radius 2 is 2.00 bits per heavy atom. The van der Waals surface area contributed by atoms with Crippen LogP contribution in [0.5, 0.6) is 5.75 Å². The predicted molar refractivity (Wildman–Crippen MR) is 60.4 cm³/mol. The maximum Gasteiger partial charge on any atom is 0.362 e. The van der Waals surface area contributed by atoms with Crippen LogP contribution in [0.4, 0.5) is 0 Å². The number of esters is 1. The number of carbonyl (C=O) groups excluding carboxylic acids is 1. The van der Waals surface area contributed by atoms with Crippen molar-refractivity contribution in [1.82, 2.24) is 4.98 Å². The third-order valence-corrected chi connectivity index (χ3v) is 2.07. The molecule has 0 saturated heterocycles. The van der Waals surface area contributed by atoms with Gasteiger partial charge in [0, 0.05) is 26.3 Å². The molecule has 0 amide bonds. The number of aryl methyl sites for hydroxylation is 1. The van der Waals surface area contributed by atoms with Gasteiger partial charge in [0.2, 0.25) is 0 Å². The van der Waals surface area contributed by atoms with Gasteiger partial charge in [0.15, 0.2) is 0 Å². The van der Waals surface area contributed by atoms with Gasteiger partial charge in [-0.3, -0.25) is 0 Å². The Bertz CT molecular complexity index is 500. The van der Waals surface area contributed by atoms with Gasteiger partial charge in [-0.2, -0.15) is 0 Å². The SMILES string of the molecule is Cc1cccc(OC(=O)c2ccccn2)c1.[Ir]. The van der Waals surface area contributed by atoms with Crippen LogP contribution in [0, 0.1) is 6.92 Å². The Balaban J connectivity index is 0.00000144. The second kappa shape index (κ2) is 6.28. The molecule has 17 heavy (non-hydrogen) atoms. The minimum atomic E-state index is -0.439. The van der Waals surface area contributed by atoms with Gasteiger partial charge in [-0.05, 0) is 36.8 Å². The fraction of sp³-hybridized carbons (Fsp3) is 0.0769. The minimum Gasteiger partial charge on any atom is -0.422 e. The Labute approximate surface area is 113 Å². The van der Waals surface area contributed by atoms with Gasteiger partial charge in [0.25, 0.3) is 0 Å². The average Bonchev–Trinajstić information content (AvgIpc) is 2.30. The van der Waals surface area contributed by atoms with Crippen LogP contribution in [0.3, 0.4) is 0 Å². The summed E-state index contributed by atoms with van der Waals surface area (Å²) in [4.78, 5) is 15.6. The van der Waals surface area contributed by atoms with Crippen molar-refractivity contribution in [2.45, 2.75) is 6.92 Å². The first kappa shape index (κ1) is 13.6. The van der Waals surface area contributed by atoms with E-state index in [0.717, 1.165) is 5.56 Å². The quantitative estimate of drug-likeness (QED) is 0.570. The van der Waals surface area contributed by atoms with Crippen molar-refractivity contribution in [3.63, 3.8) is 0 Å². The van der Waals surface area contributed by atoms with Gasteiger partial charge in [0.1, 0.15) is 11.4 Å². The molecule has 0 aliphatic heterocycles. The molecule has 0 unspecified atom stereocenters. The fourth-order valence-electron chi connectivity index (χ4n) is 1.32. The summed E-state index contributed by atoms with van der Waals surface area (Å²) in [5.74, 6) is 0.0989. The van der Waals surface area contributed by atoms with E-state index in [1.165, 1.54) is 0 Å². The Morgan fingerprint density at radius 3 is 2.65 bits per heavy atom. The summed E-state index contributed by atoms with van der Waals surface area (Å²) in [5, 5.41) is 0. The maximum absolute atomic E-state index is 11.6.